The number of likely N-dealkylation sites (N-methyl/N-ethyl adjacent to an activating group) is 1. The quantitative estimate of drug-likeness (QED) is 0.842. The average molecular weight is 395 g/mol. The summed E-state index contributed by atoms with van der Waals surface area (Å²) >= 11 is 6.46. The van der Waals surface area contributed by atoms with Gasteiger partial charge in [-0.1, -0.05) is 11.6 Å². The normalized spacial score (nSPS) is 20.3. The molecule has 1 unspecified atom stereocenters. The maximum atomic E-state index is 14.7. The summed E-state index contributed by atoms with van der Waals surface area (Å²) in [6.45, 7) is 1.28. The zero-order valence-corrected chi connectivity index (χ0v) is 15.6. The number of likely N-dealkylation sites (tertiary alicyclic amines) is 1. The number of aromatic carboxylic acids is 1. The summed E-state index contributed by atoms with van der Waals surface area (Å²) < 4.78 is 22.1. The number of carboxylic acids is 1. The summed E-state index contributed by atoms with van der Waals surface area (Å²) in [5.41, 5.74) is -0.784. The molecule has 27 heavy (non-hydrogen) atoms. The van der Waals surface area contributed by atoms with Crippen molar-refractivity contribution in [3.8, 4) is 5.75 Å². The number of hydrogen-bond acceptors (Lipinski definition) is 4. The van der Waals surface area contributed by atoms with Gasteiger partial charge in [0, 0.05) is 18.3 Å². The summed E-state index contributed by atoms with van der Waals surface area (Å²) in [5.74, 6) is -2.17. The highest BCUT2D eigenvalue weighted by molar-refractivity contribution is 6.36. The molecule has 144 valence electrons. The van der Waals surface area contributed by atoms with Gasteiger partial charge < -0.3 is 19.3 Å². The predicted molar refractivity (Wildman–Crippen MR) is 99.6 cm³/mol. The van der Waals surface area contributed by atoms with E-state index in [9.17, 15) is 19.1 Å². The standard InChI is InChI=1S/C19H20ClFN2O4/c1-22-6-2-3-11(22)9-27-18-14(21)7-12-16(15(18)20)23(10-4-5-10)8-13(17(12)24)19(25)26/h7-8,10-11H,2-6,9H2,1H3,(H,25,26). The molecule has 2 fully saturated rings. The molecule has 1 aliphatic heterocycles. The second kappa shape index (κ2) is 6.80. The highest BCUT2D eigenvalue weighted by Crippen LogP contribution is 2.42. The van der Waals surface area contributed by atoms with E-state index in [-0.39, 0.29) is 33.8 Å². The third-order valence-corrected chi connectivity index (χ3v) is 5.78. The fourth-order valence-corrected chi connectivity index (χ4v) is 4.06. The van der Waals surface area contributed by atoms with Crippen LogP contribution in [0.4, 0.5) is 4.39 Å². The van der Waals surface area contributed by atoms with Crippen LogP contribution in [0.25, 0.3) is 10.9 Å². The molecule has 1 aromatic carbocycles. The van der Waals surface area contributed by atoms with Crippen LogP contribution in [-0.4, -0.2) is 46.8 Å². The predicted octanol–water partition coefficient (Wildman–Crippen LogP) is 3.30. The molecule has 1 aliphatic carbocycles. The Balaban J connectivity index is 1.82. The van der Waals surface area contributed by atoms with E-state index < -0.39 is 17.2 Å². The van der Waals surface area contributed by atoms with Crippen LogP contribution in [0.5, 0.6) is 5.75 Å². The molecule has 1 atom stereocenters. The van der Waals surface area contributed by atoms with Gasteiger partial charge in [0.15, 0.2) is 11.6 Å². The van der Waals surface area contributed by atoms with E-state index >= 15 is 0 Å². The van der Waals surface area contributed by atoms with Crippen molar-refractivity contribution in [1.29, 1.82) is 0 Å². The Bertz CT molecular complexity index is 986. The lowest BCUT2D eigenvalue weighted by molar-refractivity contribution is 0.0695. The number of halogens is 2. The zero-order valence-electron chi connectivity index (χ0n) is 14.9. The van der Waals surface area contributed by atoms with Gasteiger partial charge in [-0.25, -0.2) is 9.18 Å². The molecule has 2 aliphatic rings. The van der Waals surface area contributed by atoms with Crippen LogP contribution in [0, 0.1) is 5.82 Å². The van der Waals surface area contributed by atoms with Crippen molar-refractivity contribution in [2.45, 2.75) is 37.8 Å². The van der Waals surface area contributed by atoms with Crippen molar-refractivity contribution >= 4 is 28.5 Å². The number of pyridine rings is 1. The van der Waals surface area contributed by atoms with E-state index in [2.05, 4.69) is 4.90 Å². The first-order chi connectivity index (χ1) is 12.9. The number of benzene rings is 1. The number of hydrogen-bond donors (Lipinski definition) is 1. The lowest BCUT2D eigenvalue weighted by Crippen LogP contribution is -2.30. The molecule has 4 rings (SSSR count). The first kappa shape index (κ1) is 18.3. The number of rotatable bonds is 5. The summed E-state index contributed by atoms with van der Waals surface area (Å²) in [5, 5.41) is 9.29. The lowest BCUT2D eigenvalue weighted by atomic mass is 10.1. The Kier molecular flexibility index (Phi) is 4.60. The number of fused-ring (bicyclic) bond motifs is 1. The topological polar surface area (TPSA) is 71.8 Å². The minimum atomic E-state index is -1.34. The Morgan fingerprint density at radius 2 is 2.15 bits per heavy atom. The van der Waals surface area contributed by atoms with E-state index in [4.69, 9.17) is 16.3 Å². The molecule has 8 heteroatoms. The monoisotopic (exact) mass is 394 g/mol. The van der Waals surface area contributed by atoms with Crippen molar-refractivity contribution in [2.24, 2.45) is 0 Å². The fourth-order valence-electron chi connectivity index (χ4n) is 3.72. The van der Waals surface area contributed by atoms with Crippen LogP contribution >= 0.6 is 11.6 Å². The van der Waals surface area contributed by atoms with E-state index in [1.165, 1.54) is 6.20 Å². The van der Waals surface area contributed by atoms with Gasteiger partial charge >= 0.3 is 5.97 Å². The minimum Gasteiger partial charge on any atom is -0.487 e. The molecule has 2 heterocycles. The SMILES string of the molecule is CN1CCCC1COc1c(F)cc2c(=O)c(C(=O)O)cn(C3CC3)c2c1Cl. The zero-order chi connectivity index (χ0) is 19.3. The molecule has 1 saturated heterocycles. The second-order valence-electron chi connectivity index (χ2n) is 7.30. The summed E-state index contributed by atoms with van der Waals surface area (Å²) in [7, 11) is 2.00. The van der Waals surface area contributed by atoms with Gasteiger partial charge in [0.2, 0.25) is 5.43 Å². The Labute approximate surface area is 160 Å². The number of aromatic nitrogens is 1. The summed E-state index contributed by atoms with van der Waals surface area (Å²) in [6.07, 6.45) is 5.06. The molecule has 0 bridgehead atoms. The highest BCUT2D eigenvalue weighted by atomic mass is 35.5. The third kappa shape index (κ3) is 3.19. The lowest BCUT2D eigenvalue weighted by Gasteiger charge is -2.21. The number of carboxylic acid groups (broad SMARTS) is 1. The maximum Gasteiger partial charge on any atom is 0.341 e. The maximum absolute atomic E-state index is 14.7. The molecule has 0 radical (unpaired) electrons. The number of nitrogens with zero attached hydrogens (tertiary/aromatic N) is 2. The molecule has 0 amide bonds. The van der Waals surface area contributed by atoms with Crippen LogP contribution in [0.3, 0.4) is 0 Å². The summed E-state index contributed by atoms with van der Waals surface area (Å²) in [6, 6.07) is 1.29. The smallest absolute Gasteiger partial charge is 0.341 e. The molecule has 2 aromatic rings. The Morgan fingerprint density at radius 1 is 1.41 bits per heavy atom. The van der Waals surface area contributed by atoms with Crippen LogP contribution in [0.15, 0.2) is 17.1 Å². The van der Waals surface area contributed by atoms with Gasteiger partial charge in [-0.15, -0.1) is 0 Å². The molecular weight excluding hydrogens is 375 g/mol. The van der Waals surface area contributed by atoms with E-state index in [0.29, 0.717) is 12.1 Å². The van der Waals surface area contributed by atoms with Crippen LogP contribution in [-0.2, 0) is 0 Å². The fraction of sp³-hybridized carbons (Fsp3) is 0.474. The van der Waals surface area contributed by atoms with E-state index in [1.54, 1.807) is 4.57 Å². The molecule has 1 aromatic heterocycles. The molecule has 1 N–H and O–H groups in total. The van der Waals surface area contributed by atoms with Gasteiger partial charge in [0.25, 0.3) is 0 Å². The first-order valence-corrected chi connectivity index (χ1v) is 9.39. The van der Waals surface area contributed by atoms with Crippen LogP contribution < -0.4 is 10.2 Å². The van der Waals surface area contributed by atoms with Crippen molar-refractivity contribution < 1.29 is 19.0 Å². The number of ether oxygens (including phenoxy) is 1. The molecule has 1 saturated carbocycles. The van der Waals surface area contributed by atoms with Gasteiger partial charge in [-0.05, 0) is 45.3 Å². The van der Waals surface area contributed by atoms with Gasteiger partial charge in [0.1, 0.15) is 17.2 Å². The second-order valence-corrected chi connectivity index (χ2v) is 7.68. The van der Waals surface area contributed by atoms with Crippen LogP contribution in [0.1, 0.15) is 42.1 Å². The van der Waals surface area contributed by atoms with Gasteiger partial charge in [-0.3, -0.25) is 4.79 Å². The van der Waals surface area contributed by atoms with Crippen LogP contribution in [0.2, 0.25) is 5.02 Å². The minimum absolute atomic E-state index is 0.0200. The molecular formula is C19H20ClFN2O4. The number of carbonyl (C=O) groups is 1. The summed E-state index contributed by atoms with van der Waals surface area (Å²) in [4.78, 5) is 26.1. The van der Waals surface area contributed by atoms with E-state index in [1.807, 2.05) is 7.05 Å². The Morgan fingerprint density at radius 3 is 2.74 bits per heavy atom. The van der Waals surface area contributed by atoms with Crippen molar-refractivity contribution in [3.05, 3.63) is 38.9 Å². The average Bonchev–Trinajstić information content (AvgIpc) is 3.38. The van der Waals surface area contributed by atoms with Crippen molar-refractivity contribution in [3.63, 3.8) is 0 Å². The largest absolute Gasteiger partial charge is 0.487 e. The molecule has 6 nitrogen and oxygen atoms in total. The Hall–Kier alpha value is -2.12. The molecule has 0 spiro atoms. The third-order valence-electron chi connectivity index (χ3n) is 5.43. The first-order valence-electron chi connectivity index (χ1n) is 9.01. The van der Waals surface area contributed by atoms with Gasteiger partial charge in [-0.2, -0.15) is 0 Å². The van der Waals surface area contributed by atoms with Crippen molar-refractivity contribution in [1.82, 2.24) is 9.47 Å². The van der Waals surface area contributed by atoms with E-state index in [0.717, 1.165) is 38.3 Å². The van der Waals surface area contributed by atoms with Gasteiger partial charge in [0.05, 0.1) is 10.9 Å². The highest BCUT2D eigenvalue weighted by Gasteiger charge is 2.30. The van der Waals surface area contributed by atoms with Crippen molar-refractivity contribution in [2.75, 3.05) is 20.2 Å².